The van der Waals surface area contributed by atoms with Crippen LogP contribution in [0, 0.1) is 0 Å². The summed E-state index contributed by atoms with van der Waals surface area (Å²) in [7, 11) is 0. The van der Waals surface area contributed by atoms with Gasteiger partial charge in [-0.1, -0.05) is 26.8 Å². The van der Waals surface area contributed by atoms with E-state index < -0.39 is 18.2 Å². The fourth-order valence-electron chi connectivity index (χ4n) is 2.17. The smallest absolute Gasteiger partial charge is 0.323 e. The molecule has 21 heavy (non-hydrogen) atoms. The van der Waals surface area contributed by atoms with Gasteiger partial charge in [0.25, 0.3) is 0 Å². The van der Waals surface area contributed by atoms with Gasteiger partial charge in [-0.3, -0.25) is 4.79 Å². The molecule has 1 atom stereocenters. The quantitative estimate of drug-likeness (QED) is 0.846. The van der Waals surface area contributed by atoms with Crippen molar-refractivity contribution in [3.8, 4) is 5.75 Å². The predicted octanol–water partition coefficient (Wildman–Crippen LogP) is 2.68. The van der Waals surface area contributed by atoms with Crippen LogP contribution in [0.1, 0.15) is 38.8 Å². The summed E-state index contributed by atoms with van der Waals surface area (Å²) >= 11 is 0. The van der Waals surface area contributed by atoms with E-state index in [0.29, 0.717) is 5.75 Å². The fourth-order valence-corrected chi connectivity index (χ4v) is 2.17. The number of benzene rings is 1. The van der Waals surface area contributed by atoms with E-state index in [2.05, 4.69) is 0 Å². The van der Waals surface area contributed by atoms with E-state index in [4.69, 9.17) is 10.5 Å². The first-order valence-corrected chi connectivity index (χ1v) is 6.92. The molecule has 0 amide bonds. The SMILES string of the molecule is CC(N)(Cc1cc(OCCF)ccc1C(C)(C)C)C(=O)O. The molecule has 0 saturated carbocycles. The Bertz CT molecular complexity index is 507. The van der Waals surface area contributed by atoms with Crippen LogP contribution in [0.25, 0.3) is 0 Å². The Balaban J connectivity index is 3.20. The van der Waals surface area contributed by atoms with Crippen molar-refractivity contribution in [2.75, 3.05) is 13.3 Å². The zero-order valence-corrected chi connectivity index (χ0v) is 13.1. The number of carboxylic acid groups (broad SMARTS) is 1. The summed E-state index contributed by atoms with van der Waals surface area (Å²) in [5, 5.41) is 9.20. The highest BCUT2D eigenvalue weighted by Gasteiger charge is 2.31. The van der Waals surface area contributed by atoms with Gasteiger partial charge in [0, 0.05) is 6.42 Å². The highest BCUT2D eigenvalue weighted by molar-refractivity contribution is 5.78. The van der Waals surface area contributed by atoms with Crippen molar-refractivity contribution in [3.63, 3.8) is 0 Å². The average molecular weight is 297 g/mol. The van der Waals surface area contributed by atoms with Crippen LogP contribution in [0.4, 0.5) is 4.39 Å². The second-order valence-electron chi connectivity index (χ2n) is 6.51. The minimum absolute atomic E-state index is 0.0207. The molecule has 4 nitrogen and oxygen atoms in total. The molecule has 1 aromatic carbocycles. The van der Waals surface area contributed by atoms with E-state index in [9.17, 15) is 14.3 Å². The van der Waals surface area contributed by atoms with Gasteiger partial charge in [-0.05, 0) is 35.6 Å². The molecule has 0 spiro atoms. The average Bonchev–Trinajstić information content (AvgIpc) is 2.34. The Hall–Kier alpha value is -1.62. The van der Waals surface area contributed by atoms with E-state index in [1.54, 1.807) is 12.1 Å². The lowest BCUT2D eigenvalue weighted by Gasteiger charge is -2.27. The second kappa shape index (κ2) is 6.43. The van der Waals surface area contributed by atoms with Gasteiger partial charge >= 0.3 is 5.97 Å². The molecule has 3 N–H and O–H groups in total. The van der Waals surface area contributed by atoms with E-state index in [0.717, 1.165) is 11.1 Å². The molecule has 118 valence electrons. The maximum Gasteiger partial charge on any atom is 0.323 e. The van der Waals surface area contributed by atoms with Crippen LogP contribution in [0.3, 0.4) is 0 Å². The van der Waals surface area contributed by atoms with Crippen LogP contribution in [-0.2, 0) is 16.6 Å². The van der Waals surface area contributed by atoms with Crippen molar-refractivity contribution >= 4 is 5.97 Å². The number of alkyl halides is 1. The molecule has 0 bridgehead atoms. The standard InChI is InChI=1S/C16H24FNO3/c1-15(2,3)13-6-5-12(21-8-7-17)9-11(13)10-16(4,18)14(19)20/h5-6,9H,7-8,10,18H2,1-4H3,(H,19,20). The highest BCUT2D eigenvalue weighted by atomic mass is 19.1. The first-order valence-electron chi connectivity index (χ1n) is 6.92. The number of nitrogens with two attached hydrogens (primary N) is 1. The minimum atomic E-state index is -1.36. The predicted molar refractivity (Wildman–Crippen MR) is 80.5 cm³/mol. The Labute approximate surface area is 125 Å². The normalized spacial score (nSPS) is 14.6. The molecule has 0 heterocycles. The van der Waals surface area contributed by atoms with E-state index in [1.165, 1.54) is 6.92 Å². The van der Waals surface area contributed by atoms with Crippen molar-refractivity contribution < 1.29 is 19.0 Å². The second-order valence-corrected chi connectivity index (χ2v) is 6.51. The van der Waals surface area contributed by atoms with Gasteiger partial charge in [0.15, 0.2) is 0 Å². The van der Waals surface area contributed by atoms with Gasteiger partial charge in [-0.25, -0.2) is 4.39 Å². The number of rotatable bonds is 6. The first kappa shape index (κ1) is 17.4. The van der Waals surface area contributed by atoms with Crippen LogP contribution in [0.5, 0.6) is 5.75 Å². The van der Waals surface area contributed by atoms with Crippen LogP contribution in [0.15, 0.2) is 18.2 Å². The van der Waals surface area contributed by atoms with E-state index in [-0.39, 0.29) is 18.4 Å². The van der Waals surface area contributed by atoms with Crippen molar-refractivity contribution in [2.24, 2.45) is 5.73 Å². The number of ether oxygens (including phenoxy) is 1. The van der Waals surface area contributed by atoms with Gasteiger partial charge in [0.2, 0.25) is 0 Å². The third-order valence-electron chi connectivity index (χ3n) is 3.28. The van der Waals surface area contributed by atoms with Gasteiger partial charge in [0.05, 0.1) is 0 Å². The molecule has 0 aromatic heterocycles. The molecule has 0 radical (unpaired) electrons. The van der Waals surface area contributed by atoms with Crippen molar-refractivity contribution in [1.82, 2.24) is 0 Å². The van der Waals surface area contributed by atoms with Crippen molar-refractivity contribution in [3.05, 3.63) is 29.3 Å². The summed E-state index contributed by atoms with van der Waals surface area (Å²) in [5.74, 6) is -0.533. The lowest BCUT2D eigenvalue weighted by Crippen LogP contribution is -2.47. The Morgan fingerprint density at radius 3 is 2.43 bits per heavy atom. The minimum Gasteiger partial charge on any atom is -0.491 e. The van der Waals surface area contributed by atoms with Crippen molar-refractivity contribution in [2.45, 2.75) is 45.1 Å². The number of aliphatic carboxylic acids is 1. The third-order valence-corrected chi connectivity index (χ3v) is 3.28. The largest absolute Gasteiger partial charge is 0.491 e. The fraction of sp³-hybridized carbons (Fsp3) is 0.562. The summed E-state index contributed by atoms with van der Waals surface area (Å²) in [6.07, 6.45) is 0.182. The number of hydrogen-bond acceptors (Lipinski definition) is 3. The monoisotopic (exact) mass is 297 g/mol. The Kier molecular flexibility index (Phi) is 5.34. The highest BCUT2D eigenvalue weighted by Crippen LogP contribution is 2.31. The van der Waals surface area contributed by atoms with E-state index >= 15 is 0 Å². The number of hydrogen-bond donors (Lipinski definition) is 2. The van der Waals surface area contributed by atoms with Crippen LogP contribution in [0.2, 0.25) is 0 Å². The molecule has 0 aliphatic rings. The molecule has 0 fully saturated rings. The molecule has 0 aliphatic heterocycles. The molecule has 1 rings (SSSR count). The van der Waals surface area contributed by atoms with Gasteiger partial charge in [0.1, 0.15) is 24.6 Å². The topological polar surface area (TPSA) is 72.5 Å². The summed E-state index contributed by atoms with van der Waals surface area (Å²) in [5.41, 5.74) is 6.16. The van der Waals surface area contributed by atoms with Gasteiger partial charge < -0.3 is 15.6 Å². The molecule has 0 aliphatic carbocycles. The first-order chi connectivity index (χ1) is 9.58. The lowest BCUT2D eigenvalue weighted by molar-refractivity contribution is -0.142. The summed E-state index contributed by atoms with van der Waals surface area (Å²) in [6.45, 7) is 7.03. The summed E-state index contributed by atoms with van der Waals surface area (Å²) < 4.78 is 17.5. The number of carbonyl (C=O) groups is 1. The zero-order chi connectivity index (χ0) is 16.3. The van der Waals surface area contributed by atoms with E-state index in [1.807, 2.05) is 26.8 Å². The van der Waals surface area contributed by atoms with Gasteiger partial charge in [-0.15, -0.1) is 0 Å². The maximum atomic E-state index is 12.2. The summed E-state index contributed by atoms with van der Waals surface area (Å²) in [4.78, 5) is 11.2. The van der Waals surface area contributed by atoms with Crippen molar-refractivity contribution in [1.29, 1.82) is 0 Å². The molecule has 1 unspecified atom stereocenters. The zero-order valence-electron chi connectivity index (χ0n) is 13.1. The molecular formula is C16H24FNO3. The Morgan fingerprint density at radius 1 is 1.33 bits per heavy atom. The van der Waals surface area contributed by atoms with Crippen LogP contribution >= 0.6 is 0 Å². The number of carboxylic acids is 1. The molecule has 5 heteroatoms. The van der Waals surface area contributed by atoms with Gasteiger partial charge in [-0.2, -0.15) is 0 Å². The maximum absolute atomic E-state index is 12.2. The number of halogens is 1. The molecule has 0 saturated heterocycles. The lowest BCUT2D eigenvalue weighted by atomic mass is 9.80. The Morgan fingerprint density at radius 2 is 1.95 bits per heavy atom. The molecular weight excluding hydrogens is 273 g/mol. The molecule has 1 aromatic rings. The summed E-state index contributed by atoms with van der Waals surface area (Å²) in [6, 6.07) is 5.42. The third kappa shape index (κ3) is 4.70. The van der Waals surface area contributed by atoms with Crippen LogP contribution in [-0.4, -0.2) is 29.9 Å². The van der Waals surface area contributed by atoms with Crippen LogP contribution < -0.4 is 10.5 Å².